The number of benzene rings is 4. The van der Waals surface area contributed by atoms with Crippen LogP contribution in [0.1, 0.15) is 87.1 Å². The second-order valence-corrected chi connectivity index (χ2v) is 16.4. The molecule has 3 nitrogen and oxygen atoms in total. The molecule has 0 unspecified atom stereocenters. The zero-order chi connectivity index (χ0) is 34.2. The van der Waals surface area contributed by atoms with E-state index in [9.17, 15) is 34.8 Å². The van der Waals surface area contributed by atoms with E-state index in [0.29, 0.717) is 14.7 Å². The number of hydrogen-bond acceptors (Lipinski definition) is 3. The number of alkyl halides is 6. The first-order valence-corrected chi connectivity index (χ1v) is 17.6. The van der Waals surface area contributed by atoms with Crippen LogP contribution in [0.4, 0.5) is 26.3 Å². The molecule has 0 bridgehead atoms. The summed E-state index contributed by atoms with van der Waals surface area (Å²) in [6.45, 7) is 11.9. The van der Waals surface area contributed by atoms with Gasteiger partial charge in [0.1, 0.15) is 0 Å². The van der Waals surface area contributed by atoms with E-state index in [1.807, 2.05) is 77.9 Å². The highest BCUT2D eigenvalue weighted by molar-refractivity contribution is 8.33. The fourth-order valence-electron chi connectivity index (χ4n) is 4.90. The molecule has 0 atom stereocenters. The average Bonchev–Trinajstić information content (AvgIpc) is 2.99. The van der Waals surface area contributed by atoms with Crippen LogP contribution in [0, 0.1) is 0 Å². The summed E-state index contributed by atoms with van der Waals surface area (Å²) in [5.41, 5.74) is -0.684. The van der Waals surface area contributed by atoms with Crippen molar-refractivity contribution in [2.24, 2.45) is 0 Å². The van der Waals surface area contributed by atoms with Crippen LogP contribution in [0.2, 0.25) is 0 Å². The highest BCUT2D eigenvalue weighted by Crippen LogP contribution is 2.70. The zero-order valence-electron chi connectivity index (χ0n) is 26.2. The minimum absolute atomic E-state index is 0.112. The third-order valence-electron chi connectivity index (χ3n) is 7.68. The van der Waals surface area contributed by atoms with Crippen molar-refractivity contribution in [3.8, 4) is 0 Å². The first-order chi connectivity index (χ1) is 21.3. The van der Waals surface area contributed by atoms with E-state index in [-0.39, 0.29) is 36.0 Å². The molecule has 248 valence electrons. The van der Waals surface area contributed by atoms with Gasteiger partial charge in [0.05, 0.1) is 16.0 Å². The molecule has 0 radical (unpaired) electrons. The van der Waals surface area contributed by atoms with Crippen molar-refractivity contribution in [3.05, 3.63) is 119 Å². The van der Waals surface area contributed by atoms with Crippen molar-refractivity contribution in [2.75, 3.05) is 0 Å². The molecule has 4 aromatic carbocycles. The molecule has 46 heavy (non-hydrogen) atoms. The maximum atomic E-state index is 14.1. The lowest BCUT2D eigenvalue weighted by molar-refractivity contribution is -0.143. The minimum Gasteiger partial charge on any atom is -0.203 e. The van der Waals surface area contributed by atoms with Crippen molar-refractivity contribution in [3.63, 3.8) is 0 Å². The molecule has 0 heterocycles. The predicted molar refractivity (Wildman–Crippen MR) is 169 cm³/mol. The van der Waals surface area contributed by atoms with Crippen LogP contribution in [-0.2, 0) is 26.1 Å². The molecule has 0 aromatic heterocycles. The molecule has 0 aliphatic rings. The van der Waals surface area contributed by atoms with E-state index in [1.54, 1.807) is 36.4 Å². The SMILES string of the molecule is CC(C)c1ccc(S(OS(=O)(=O)c2cc(C(F)(F)F)cc(C(F)(F)F)c2)(c2ccc(C(C)C)cc2)c2ccc(C(C)C)cc2)cc1. The van der Waals surface area contributed by atoms with Gasteiger partial charge in [-0.15, -0.1) is 0 Å². The number of rotatable bonds is 9. The second kappa shape index (κ2) is 13.1. The molecular formula is C35H36F6O3S2. The molecule has 4 rings (SSSR count). The summed E-state index contributed by atoms with van der Waals surface area (Å²) >= 11 is 0. The van der Waals surface area contributed by atoms with Crippen molar-refractivity contribution in [1.29, 1.82) is 0 Å². The van der Waals surface area contributed by atoms with E-state index >= 15 is 0 Å². The summed E-state index contributed by atoms with van der Waals surface area (Å²) in [6.07, 6.45) is -10.5. The molecule has 0 saturated heterocycles. The zero-order valence-corrected chi connectivity index (χ0v) is 27.8. The molecule has 0 N–H and O–H groups in total. The standard InChI is InChI=1S/C35H36F6O3S2/c1-22(2)25-7-13-30(14-8-25)45(31-15-9-26(10-16-31)23(3)4,32-17-11-27(12-18-32)24(5)6)44-46(42,43)33-20-28(34(36,37)38)19-29(21-33)35(39,40)41/h7-24H,1-6H3. The van der Waals surface area contributed by atoms with Gasteiger partial charge in [-0.2, -0.15) is 34.8 Å². The molecule has 0 aliphatic heterocycles. The normalized spacial score (nSPS) is 13.5. The van der Waals surface area contributed by atoms with Crippen LogP contribution in [0.15, 0.2) is 111 Å². The maximum absolute atomic E-state index is 14.1. The Morgan fingerprint density at radius 1 is 0.478 bits per heavy atom. The van der Waals surface area contributed by atoms with Gasteiger partial charge in [-0.1, -0.05) is 77.9 Å². The lowest BCUT2D eigenvalue weighted by Gasteiger charge is -2.40. The maximum Gasteiger partial charge on any atom is 0.416 e. The fourth-order valence-corrected chi connectivity index (χ4v) is 10.2. The van der Waals surface area contributed by atoms with Gasteiger partial charge in [-0.25, -0.2) is 3.63 Å². The minimum atomic E-state index is -5.27. The molecule has 0 fully saturated rings. The van der Waals surface area contributed by atoms with Crippen molar-refractivity contribution in [2.45, 2.75) is 91.2 Å². The summed E-state index contributed by atoms with van der Waals surface area (Å²) < 4.78 is 117. The second-order valence-electron chi connectivity index (χ2n) is 12.0. The molecular weight excluding hydrogens is 647 g/mol. The van der Waals surface area contributed by atoms with Crippen LogP contribution in [0.25, 0.3) is 0 Å². The van der Waals surface area contributed by atoms with Gasteiger partial charge < -0.3 is 0 Å². The third kappa shape index (κ3) is 7.47. The Hall–Kier alpha value is -3.28. The molecule has 0 spiro atoms. The number of hydrogen-bond donors (Lipinski definition) is 0. The summed E-state index contributed by atoms with van der Waals surface area (Å²) in [4.78, 5) is -0.0443. The van der Waals surface area contributed by atoms with Crippen LogP contribution in [0.3, 0.4) is 0 Å². The van der Waals surface area contributed by atoms with Gasteiger partial charge in [-0.05, 0) is 99.4 Å². The van der Waals surface area contributed by atoms with Gasteiger partial charge in [0, 0.05) is 14.7 Å². The molecule has 0 saturated carbocycles. The fraction of sp³-hybridized carbons (Fsp3) is 0.314. The van der Waals surface area contributed by atoms with Crippen LogP contribution in [-0.4, -0.2) is 8.42 Å². The van der Waals surface area contributed by atoms with Crippen molar-refractivity contribution in [1.82, 2.24) is 0 Å². The summed E-state index contributed by atoms with van der Waals surface area (Å²) in [6, 6.07) is 21.4. The Kier molecular flexibility index (Phi) is 10.1. The number of halogens is 6. The Balaban J connectivity index is 2.08. The topological polar surface area (TPSA) is 43.4 Å². The van der Waals surface area contributed by atoms with E-state index in [4.69, 9.17) is 3.63 Å². The molecule has 11 heteroatoms. The molecule has 0 aliphatic carbocycles. The smallest absolute Gasteiger partial charge is 0.203 e. The van der Waals surface area contributed by atoms with Gasteiger partial charge in [0.25, 0.3) is 0 Å². The quantitative estimate of drug-likeness (QED) is 0.165. The Labute approximate surface area is 268 Å². The van der Waals surface area contributed by atoms with Gasteiger partial charge in [0.15, 0.2) is 0 Å². The first-order valence-electron chi connectivity index (χ1n) is 14.6. The Bertz CT molecular complexity index is 1600. The lowest BCUT2D eigenvalue weighted by atomic mass is 10.0. The molecule has 4 aromatic rings. The highest BCUT2D eigenvalue weighted by atomic mass is 32.3. The summed E-state index contributed by atoms with van der Waals surface area (Å²) in [7, 11) is -8.58. The van der Waals surface area contributed by atoms with Crippen LogP contribution in [0.5, 0.6) is 0 Å². The van der Waals surface area contributed by atoms with E-state index in [0.717, 1.165) is 16.7 Å². The summed E-state index contributed by atoms with van der Waals surface area (Å²) in [5.74, 6) is 0.388. The molecule has 0 amide bonds. The Morgan fingerprint density at radius 2 is 0.761 bits per heavy atom. The van der Waals surface area contributed by atoms with Crippen molar-refractivity contribution < 1.29 is 38.4 Å². The van der Waals surface area contributed by atoms with Gasteiger partial charge in [0.2, 0.25) is 0 Å². The van der Waals surface area contributed by atoms with Gasteiger partial charge in [-0.3, -0.25) is 0 Å². The van der Waals surface area contributed by atoms with Crippen LogP contribution < -0.4 is 0 Å². The Morgan fingerprint density at radius 3 is 1.00 bits per heavy atom. The average molecular weight is 683 g/mol. The van der Waals surface area contributed by atoms with Crippen LogP contribution >= 0.6 is 10.3 Å². The van der Waals surface area contributed by atoms with Crippen molar-refractivity contribution >= 4 is 20.4 Å². The summed E-state index contributed by atoms with van der Waals surface area (Å²) in [5, 5.41) is 0. The first kappa shape index (κ1) is 35.6. The van der Waals surface area contributed by atoms with E-state index < -0.39 is 48.8 Å². The van der Waals surface area contributed by atoms with Gasteiger partial charge >= 0.3 is 22.5 Å². The highest BCUT2D eigenvalue weighted by Gasteiger charge is 2.42. The lowest BCUT2D eigenvalue weighted by Crippen LogP contribution is -2.17. The monoisotopic (exact) mass is 682 g/mol. The van der Waals surface area contributed by atoms with E-state index in [2.05, 4.69) is 0 Å². The predicted octanol–water partition coefficient (Wildman–Crippen LogP) is 11.7. The third-order valence-corrected chi connectivity index (χ3v) is 12.8. The largest absolute Gasteiger partial charge is 0.416 e. The van der Waals surface area contributed by atoms with E-state index in [1.165, 1.54) is 0 Å².